The summed E-state index contributed by atoms with van der Waals surface area (Å²) in [4.78, 5) is 0. The van der Waals surface area contributed by atoms with Gasteiger partial charge in [0.2, 0.25) is 0 Å². The Kier molecular flexibility index (Phi) is 5.55. The standard InChI is InChI=1S/C13H26O5/c1-6-13(8-14)11(7-12(3,4)18-13)17-9-16-10(2)15-5/h10-11,14H,6-9H2,1-5H3. The molecule has 0 aromatic rings. The van der Waals surface area contributed by atoms with E-state index < -0.39 is 5.60 Å². The first-order valence-corrected chi connectivity index (χ1v) is 6.46. The second-order valence-corrected chi connectivity index (χ2v) is 5.39. The van der Waals surface area contributed by atoms with Crippen LogP contribution >= 0.6 is 0 Å². The molecule has 5 heteroatoms. The molecule has 0 aromatic heterocycles. The van der Waals surface area contributed by atoms with Gasteiger partial charge in [-0.15, -0.1) is 0 Å². The Labute approximate surface area is 109 Å². The molecule has 0 aromatic carbocycles. The number of hydrogen-bond donors (Lipinski definition) is 1. The zero-order valence-electron chi connectivity index (χ0n) is 12.1. The van der Waals surface area contributed by atoms with Crippen LogP contribution in [-0.2, 0) is 18.9 Å². The minimum absolute atomic E-state index is 0.0442. The summed E-state index contributed by atoms with van der Waals surface area (Å²) in [5.74, 6) is 0. The number of methoxy groups -OCH3 is 1. The zero-order valence-corrected chi connectivity index (χ0v) is 12.1. The van der Waals surface area contributed by atoms with E-state index in [1.54, 1.807) is 14.0 Å². The highest BCUT2D eigenvalue weighted by molar-refractivity contribution is 5.00. The maximum atomic E-state index is 9.60. The first-order chi connectivity index (χ1) is 8.39. The van der Waals surface area contributed by atoms with E-state index in [0.717, 1.165) is 6.42 Å². The predicted octanol–water partition coefficient (Wildman–Crippen LogP) is 1.68. The largest absolute Gasteiger partial charge is 0.393 e. The average molecular weight is 262 g/mol. The molecular weight excluding hydrogens is 236 g/mol. The number of ether oxygens (including phenoxy) is 4. The highest BCUT2D eigenvalue weighted by Gasteiger charge is 2.51. The first-order valence-electron chi connectivity index (χ1n) is 6.46. The van der Waals surface area contributed by atoms with Gasteiger partial charge in [-0.25, -0.2) is 0 Å². The van der Waals surface area contributed by atoms with Crippen LogP contribution in [0.15, 0.2) is 0 Å². The molecule has 0 spiro atoms. The number of rotatable bonds is 7. The van der Waals surface area contributed by atoms with E-state index in [1.807, 2.05) is 20.8 Å². The molecule has 0 saturated carbocycles. The zero-order chi connectivity index (χ0) is 13.8. The molecule has 18 heavy (non-hydrogen) atoms. The highest BCUT2D eigenvalue weighted by atomic mass is 16.7. The molecule has 3 atom stereocenters. The molecule has 0 bridgehead atoms. The molecule has 3 unspecified atom stereocenters. The molecule has 1 N–H and O–H groups in total. The predicted molar refractivity (Wildman–Crippen MR) is 67.2 cm³/mol. The van der Waals surface area contributed by atoms with Crippen molar-refractivity contribution >= 4 is 0 Å². The Morgan fingerprint density at radius 1 is 1.44 bits per heavy atom. The Hall–Kier alpha value is -0.200. The topological polar surface area (TPSA) is 57.2 Å². The maximum absolute atomic E-state index is 9.60. The van der Waals surface area contributed by atoms with E-state index in [9.17, 15) is 5.11 Å². The van der Waals surface area contributed by atoms with Crippen LogP contribution in [0.25, 0.3) is 0 Å². The molecule has 1 fully saturated rings. The lowest BCUT2D eigenvalue weighted by Gasteiger charge is -2.32. The van der Waals surface area contributed by atoms with Crippen molar-refractivity contribution in [3.05, 3.63) is 0 Å². The highest BCUT2D eigenvalue weighted by Crippen LogP contribution is 2.41. The summed E-state index contributed by atoms with van der Waals surface area (Å²) in [5.41, 5.74) is -0.903. The van der Waals surface area contributed by atoms with Crippen LogP contribution in [0.5, 0.6) is 0 Å². The van der Waals surface area contributed by atoms with Crippen molar-refractivity contribution in [2.75, 3.05) is 20.5 Å². The van der Waals surface area contributed by atoms with Crippen molar-refractivity contribution in [3.63, 3.8) is 0 Å². The van der Waals surface area contributed by atoms with Gasteiger partial charge >= 0.3 is 0 Å². The molecule has 0 amide bonds. The molecule has 1 heterocycles. The summed E-state index contributed by atoms with van der Waals surface area (Å²) < 4.78 is 22.0. The van der Waals surface area contributed by atoms with Gasteiger partial charge in [0, 0.05) is 13.5 Å². The van der Waals surface area contributed by atoms with E-state index in [1.165, 1.54) is 0 Å². The van der Waals surface area contributed by atoms with E-state index in [0.29, 0.717) is 6.42 Å². The third-order valence-corrected chi connectivity index (χ3v) is 3.51. The van der Waals surface area contributed by atoms with Crippen molar-refractivity contribution in [3.8, 4) is 0 Å². The summed E-state index contributed by atoms with van der Waals surface area (Å²) >= 11 is 0. The molecule has 5 nitrogen and oxygen atoms in total. The minimum Gasteiger partial charge on any atom is -0.393 e. The van der Waals surface area contributed by atoms with Crippen molar-refractivity contribution in [2.24, 2.45) is 0 Å². The maximum Gasteiger partial charge on any atom is 0.157 e. The van der Waals surface area contributed by atoms with Crippen LogP contribution in [0.3, 0.4) is 0 Å². The van der Waals surface area contributed by atoms with Gasteiger partial charge in [0.05, 0.1) is 18.3 Å². The van der Waals surface area contributed by atoms with Gasteiger partial charge in [0.15, 0.2) is 6.29 Å². The number of aliphatic hydroxyl groups excluding tert-OH is 1. The quantitative estimate of drug-likeness (QED) is 0.707. The van der Waals surface area contributed by atoms with E-state index in [2.05, 4.69) is 0 Å². The summed E-state index contributed by atoms with van der Waals surface area (Å²) in [6.07, 6.45) is 0.987. The van der Waals surface area contributed by atoms with Gasteiger partial charge in [-0.2, -0.15) is 0 Å². The first kappa shape index (κ1) is 15.9. The molecule has 0 aliphatic carbocycles. The van der Waals surface area contributed by atoms with Crippen LogP contribution < -0.4 is 0 Å². The lowest BCUT2D eigenvalue weighted by atomic mass is 9.92. The van der Waals surface area contributed by atoms with Gasteiger partial charge in [0.25, 0.3) is 0 Å². The molecule has 1 aliphatic rings. The smallest absolute Gasteiger partial charge is 0.157 e. The summed E-state index contributed by atoms with van der Waals surface area (Å²) in [7, 11) is 1.58. The Morgan fingerprint density at radius 2 is 2.11 bits per heavy atom. The van der Waals surface area contributed by atoms with E-state index in [-0.39, 0.29) is 31.4 Å². The van der Waals surface area contributed by atoms with Gasteiger partial charge < -0.3 is 24.1 Å². The SMILES string of the molecule is CCC1(CO)OC(C)(C)CC1OCOC(C)OC. The third-order valence-electron chi connectivity index (χ3n) is 3.51. The average Bonchev–Trinajstić information content (AvgIpc) is 2.60. The number of aliphatic hydroxyl groups is 1. The van der Waals surface area contributed by atoms with Crippen LogP contribution in [0, 0.1) is 0 Å². The summed E-state index contributed by atoms with van der Waals surface area (Å²) in [5, 5.41) is 9.60. The normalized spacial score (nSPS) is 32.7. The monoisotopic (exact) mass is 262 g/mol. The van der Waals surface area contributed by atoms with Crippen molar-refractivity contribution in [1.82, 2.24) is 0 Å². The van der Waals surface area contributed by atoms with E-state index >= 15 is 0 Å². The Bertz CT molecular complexity index is 250. The second kappa shape index (κ2) is 6.30. The van der Waals surface area contributed by atoms with Crippen LogP contribution in [0.4, 0.5) is 0 Å². The Balaban J connectivity index is 2.56. The van der Waals surface area contributed by atoms with Gasteiger partial charge in [-0.05, 0) is 27.2 Å². The van der Waals surface area contributed by atoms with Crippen molar-refractivity contribution < 1.29 is 24.1 Å². The lowest BCUT2D eigenvalue weighted by Crippen LogP contribution is -2.44. The molecular formula is C13H26O5. The summed E-state index contributed by atoms with van der Waals surface area (Å²) in [6, 6.07) is 0. The molecule has 1 saturated heterocycles. The molecule has 0 radical (unpaired) electrons. The number of hydrogen-bond acceptors (Lipinski definition) is 5. The fourth-order valence-corrected chi connectivity index (χ4v) is 2.33. The van der Waals surface area contributed by atoms with E-state index in [4.69, 9.17) is 18.9 Å². The molecule has 1 rings (SSSR count). The fourth-order valence-electron chi connectivity index (χ4n) is 2.33. The van der Waals surface area contributed by atoms with Crippen LogP contribution in [-0.4, -0.2) is 49.2 Å². The van der Waals surface area contributed by atoms with Crippen molar-refractivity contribution in [2.45, 2.75) is 64.1 Å². The second-order valence-electron chi connectivity index (χ2n) is 5.39. The minimum atomic E-state index is -0.622. The molecule has 108 valence electrons. The lowest BCUT2D eigenvalue weighted by molar-refractivity contribution is -0.213. The van der Waals surface area contributed by atoms with Crippen LogP contribution in [0.2, 0.25) is 0 Å². The van der Waals surface area contributed by atoms with Crippen molar-refractivity contribution in [1.29, 1.82) is 0 Å². The summed E-state index contributed by atoms with van der Waals surface area (Å²) in [6.45, 7) is 7.91. The Morgan fingerprint density at radius 3 is 2.61 bits per heavy atom. The van der Waals surface area contributed by atoms with Gasteiger partial charge in [-0.3, -0.25) is 0 Å². The fraction of sp³-hybridized carbons (Fsp3) is 1.00. The van der Waals surface area contributed by atoms with Crippen LogP contribution in [0.1, 0.15) is 40.5 Å². The molecule has 1 aliphatic heterocycles. The van der Waals surface area contributed by atoms with Gasteiger partial charge in [0.1, 0.15) is 12.4 Å². The third kappa shape index (κ3) is 3.65. The van der Waals surface area contributed by atoms with Gasteiger partial charge in [-0.1, -0.05) is 6.92 Å².